The third kappa shape index (κ3) is 4.00. The largest absolute Gasteiger partial charge is 0.490 e. The number of aryl methyl sites for hydroxylation is 1. The standard InChI is InChI=1S/C19H18ClN3O2/c1-13-10-15(20)8-9-16(13)21-19-22-18(24)17(25-2)12-23(19)11-14-6-4-3-5-7-14/h3-10,12H,11H2,1-2H3,(H,21,22,24). The van der Waals surface area contributed by atoms with E-state index in [-0.39, 0.29) is 5.75 Å². The summed E-state index contributed by atoms with van der Waals surface area (Å²) in [6.45, 7) is 2.50. The Morgan fingerprint density at radius 2 is 1.96 bits per heavy atom. The third-order valence-electron chi connectivity index (χ3n) is 3.81. The van der Waals surface area contributed by atoms with Gasteiger partial charge in [0.15, 0.2) is 0 Å². The Morgan fingerprint density at radius 1 is 1.20 bits per heavy atom. The number of aromatic nitrogens is 2. The maximum absolute atomic E-state index is 12.1. The van der Waals surface area contributed by atoms with Gasteiger partial charge in [0, 0.05) is 10.7 Å². The third-order valence-corrected chi connectivity index (χ3v) is 4.05. The van der Waals surface area contributed by atoms with Gasteiger partial charge in [0.2, 0.25) is 11.7 Å². The Hall–Kier alpha value is -2.79. The smallest absolute Gasteiger partial charge is 0.316 e. The molecule has 0 saturated carbocycles. The predicted octanol–water partition coefficient (Wildman–Crippen LogP) is 4.01. The van der Waals surface area contributed by atoms with Gasteiger partial charge in [0.1, 0.15) is 0 Å². The first kappa shape index (κ1) is 17.0. The minimum atomic E-state index is -0.416. The molecule has 0 fully saturated rings. The molecule has 3 rings (SSSR count). The number of halogens is 1. The lowest BCUT2D eigenvalue weighted by Crippen LogP contribution is -2.18. The van der Waals surface area contributed by atoms with E-state index in [9.17, 15) is 4.79 Å². The molecule has 1 heterocycles. The van der Waals surface area contributed by atoms with Gasteiger partial charge in [-0.3, -0.25) is 4.79 Å². The molecule has 1 aromatic heterocycles. The van der Waals surface area contributed by atoms with Gasteiger partial charge >= 0.3 is 5.56 Å². The van der Waals surface area contributed by atoms with Crippen molar-refractivity contribution in [3.63, 3.8) is 0 Å². The molecular weight excluding hydrogens is 338 g/mol. The normalized spacial score (nSPS) is 10.5. The minimum Gasteiger partial charge on any atom is -0.490 e. The Morgan fingerprint density at radius 3 is 2.64 bits per heavy atom. The van der Waals surface area contributed by atoms with Crippen molar-refractivity contribution in [2.75, 3.05) is 12.4 Å². The van der Waals surface area contributed by atoms with Crippen LogP contribution in [0.1, 0.15) is 11.1 Å². The fourth-order valence-electron chi connectivity index (χ4n) is 2.50. The molecule has 6 heteroatoms. The van der Waals surface area contributed by atoms with E-state index in [0.717, 1.165) is 16.8 Å². The highest BCUT2D eigenvalue weighted by molar-refractivity contribution is 6.30. The molecule has 0 unspecified atom stereocenters. The lowest BCUT2D eigenvalue weighted by molar-refractivity contribution is 0.402. The van der Waals surface area contributed by atoms with Crippen LogP contribution in [0.25, 0.3) is 0 Å². The van der Waals surface area contributed by atoms with Crippen molar-refractivity contribution in [1.29, 1.82) is 0 Å². The van der Waals surface area contributed by atoms with Gasteiger partial charge in [-0.2, -0.15) is 4.98 Å². The molecule has 0 spiro atoms. The quantitative estimate of drug-likeness (QED) is 0.751. The van der Waals surface area contributed by atoms with E-state index in [1.807, 2.05) is 54.0 Å². The van der Waals surface area contributed by atoms with Crippen LogP contribution in [0.4, 0.5) is 11.6 Å². The summed E-state index contributed by atoms with van der Waals surface area (Å²) < 4.78 is 6.98. The van der Waals surface area contributed by atoms with Crippen LogP contribution in [0, 0.1) is 6.92 Å². The van der Waals surface area contributed by atoms with E-state index in [1.165, 1.54) is 7.11 Å². The molecule has 0 bridgehead atoms. The maximum atomic E-state index is 12.1. The summed E-state index contributed by atoms with van der Waals surface area (Å²) in [7, 11) is 1.46. The zero-order chi connectivity index (χ0) is 17.8. The fraction of sp³-hybridized carbons (Fsp3) is 0.158. The molecule has 0 aliphatic carbocycles. The lowest BCUT2D eigenvalue weighted by Gasteiger charge is -2.16. The van der Waals surface area contributed by atoms with Gasteiger partial charge in [-0.15, -0.1) is 0 Å². The van der Waals surface area contributed by atoms with E-state index in [4.69, 9.17) is 16.3 Å². The topological polar surface area (TPSA) is 56.1 Å². The molecule has 0 aliphatic heterocycles. The van der Waals surface area contributed by atoms with Crippen molar-refractivity contribution in [3.8, 4) is 5.75 Å². The molecule has 2 aromatic carbocycles. The van der Waals surface area contributed by atoms with Crippen LogP contribution in [0.2, 0.25) is 5.02 Å². The van der Waals surface area contributed by atoms with Gasteiger partial charge in [-0.1, -0.05) is 41.9 Å². The van der Waals surface area contributed by atoms with Crippen LogP contribution >= 0.6 is 11.6 Å². The number of anilines is 2. The molecule has 0 saturated heterocycles. The molecule has 0 aliphatic rings. The van der Waals surface area contributed by atoms with Crippen LogP contribution in [-0.4, -0.2) is 16.7 Å². The maximum Gasteiger partial charge on any atom is 0.316 e. The molecule has 0 radical (unpaired) electrons. The van der Waals surface area contributed by atoms with Gasteiger partial charge in [-0.25, -0.2) is 0 Å². The number of hydrogen-bond acceptors (Lipinski definition) is 4. The van der Waals surface area contributed by atoms with Crippen LogP contribution < -0.4 is 15.6 Å². The monoisotopic (exact) mass is 355 g/mol. The van der Waals surface area contributed by atoms with Crippen LogP contribution in [0.5, 0.6) is 5.75 Å². The van der Waals surface area contributed by atoms with Crippen molar-refractivity contribution < 1.29 is 4.74 Å². The molecule has 0 atom stereocenters. The van der Waals surface area contributed by atoms with Crippen molar-refractivity contribution in [2.45, 2.75) is 13.5 Å². The van der Waals surface area contributed by atoms with Crippen molar-refractivity contribution in [3.05, 3.63) is 81.2 Å². The fourth-order valence-corrected chi connectivity index (χ4v) is 2.73. The highest BCUT2D eigenvalue weighted by Crippen LogP contribution is 2.23. The van der Waals surface area contributed by atoms with E-state index in [1.54, 1.807) is 12.3 Å². The molecular formula is C19H18ClN3O2. The number of benzene rings is 2. The van der Waals surface area contributed by atoms with E-state index >= 15 is 0 Å². The van der Waals surface area contributed by atoms with Crippen molar-refractivity contribution >= 4 is 23.2 Å². The molecule has 1 N–H and O–H groups in total. The number of rotatable bonds is 5. The Kier molecular flexibility index (Phi) is 5.05. The number of hydrogen-bond donors (Lipinski definition) is 1. The highest BCUT2D eigenvalue weighted by atomic mass is 35.5. The second-order valence-corrected chi connectivity index (χ2v) is 6.07. The first-order valence-corrected chi connectivity index (χ1v) is 8.17. The summed E-state index contributed by atoms with van der Waals surface area (Å²) in [5.74, 6) is 0.648. The van der Waals surface area contributed by atoms with E-state index in [2.05, 4.69) is 10.3 Å². The number of nitrogens with zero attached hydrogens (tertiary/aromatic N) is 2. The van der Waals surface area contributed by atoms with Crippen LogP contribution in [0.3, 0.4) is 0 Å². The SMILES string of the molecule is COc1cn(Cc2ccccc2)c(Nc2ccc(Cl)cc2C)nc1=O. The van der Waals surface area contributed by atoms with Crippen LogP contribution in [-0.2, 0) is 6.54 Å². The summed E-state index contributed by atoms with van der Waals surface area (Å²) in [6, 6.07) is 15.4. The number of methoxy groups -OCH3 is 1. The Labute approximate surface area is 150 Å². The zero-order valence-corrected chi connectivity index (χ0v) is 14.7. The summed E-state index contributed by atoms with van der Waals surface area (Å²) in [5.41, 5.74) is 2.47. The highest BCUT2D eigenvalue weighted by Gasteiger charge is 2.11. The number of ether oxygens (including phenoxy) is 1. The molecule has 0 amide bonds. The molecule has 25 heavy (non-hydrogen) atoms. The molecule has 3 aromatic rings. The second kappa shape index (κ2) is 7.40. The van der Waals surface area contributed by atoms with Gasteiger partial charge in [0.25, 0.3) is 0 Å². The van der Waals surface area contributed by atoms with E-state index < -0.39 is 5.56 Å². The first-order valence-electron chi connectivity index (χ1n) is 7.79. The minimum absolute atomic E-state index is 0.203. The van der Waals surface area contributed by atoms with Gasteiger partial charge in [-0.05, 0) is 36.2 Å². The summed E-state index contributed by atoms with van der Waals surface area (Å²) in [6.07, 6.45) is 1.66. The van der Waals surface area contributed by atoms with Crippen LogP contribution in [0.15, 0.2) is 59.5 Å². The average molecular weight is 356 g/mol. The Bertz CT molecular complexity index is 939. The van der Waals surface area contributed by atoms with Gasteiger partial charge in [0.05, 0.1) is 19.9 Å². The number of nitrogens with one attached hydrogen (secondary N) is 1. The van der Waals surface area contributed by atoms with Gasteiger partial charge < -0.3 is 14.6 Å². The van der Waals surface area contributed by atoms with Crippen molar-refractivity contribution in [1.82, 2.24) is 9.55 Å². The zero-order valence-electron chi connectivity index (χ0n) is 14.0. The summed E-state index contributed by atoms with van der Waals surface area (Å²) >= 11 is 6.01. The van der Waals surface area contributed by atoms with Crippen molar-refractivity contribution in [2.24, 2.45) is 0 Å². The second-order valence-electron chi connectivity index (χ2n) is 5.64. The summed E-state index contributed by atoms with van der Waals surface area (Å²) in [5, 5.41) is 3.88. The molecule has 5 nitrogen and oxygen atoms in total. The first-order chi connectivity index (χ1) is 12.1. The predicted molar refractivity (Wildman–Crippen MR) is 100 cm³/mol. The average Bonchev–Trinajstić information content (AvgIpc) is 2.60. The summed E-state index contributed by atoms with van der Waals surface area (Å²) in [4.78, 5) is 16.2. The van der Waals surface area contributed by atoms with E-state index in [0.29, 0.717) is 17.5 Å². The molecule has 128 valence electrons. The Balaban J connectivity index is 2.01. The lowest BCUT2D eigenvalue weighted by atomic mass is 10.2.